The lowest BCUT2D eigenvalue weighted by Crippen LogP contribution is -2.02. The van der Waals surface area contributed by atoms with Gasteiger partial charge in [-0.15, -0.1) is 0 Å². The predicted octanol–water partition coefficient (Wildman–Crippen LogP) is 3.08. The summed E-state index contributed by atoms with van der Waals surface area (Å²) < 4.78 is 29.1. The van der Waals surface area contributed by atoms with Gasteiger partial charge in [0, 0.05) is 12.7 Å². The van der Waals surface area contributed by atoms with E-state index < -0.39 is 21.9 Å². The first-order valence-electron chi connectivity index (χ1n) is 5.95. The lowest BCUT2D eigenvalue weighted by molar-refractivity contribution is -0.139. The molecule has 0 heterocycles. The molecule has 0 aromatic carbocycles. The van der Waals surface area contributed by atoms with Crippen molar-refractivity contribution in [3.8, 4) is 0 Å². The molecule has 0 rings (SSSR count). The van der Waals surface area contributed by atoms with Gasteiger partial charge in [0.15, 0.2) is 5.16 Å². The molecule has 0 saturated heterocycles. The van der Waals surface area contributed by atoms with E-state index >= 15 is 0 Å². The van der Waals surface area contributed by atoms with Crippen molar-refractivity contribution in [3.63, 3.8) is 0 Å². The molecule has 1 unspecified atom stereocenters. The van der Waals surface area contributed by atoms with E-state index in [-0.39, 0.29) is 6.61 Å². The van der Waals surface area contributed by atoms with Gasteiger partial charge in [-0.2, -0.15) is 4.39 Å². The molecule has 100 valence electrons. The Bertz CT molecular complexity index is 277. The van der Waals surface area contributed by atoms with Crippen LogP contribution in [-0.2, 0) is 20.3 Å². The number of hydrogen-bond acceptors (Lipinski definition) is 3. The summed E-state index contributed by atoms with van der Waals surface area (Å²) in [4.78, 5) is 10.4. The van der Waals surface area contributed by atoms with E-state index in [1.807, 2.05) is 0 Å². The summed E-state index contributed by atoms with van der Waals surface area (Å²) in [6.07, 6.45) is 6.23. The van der Waals surface area contributed by atoms with Gasteiger partial charge >= 0.3 is 5.97 Å². The minimum atomic E-state index is -1.58. The molecule has 0 fully saturated rings. The van der Waals surface area contributed by atoms with Crippen molar-refractivity contribution in [1.29, 1.82) is 0 Å². The van der Waals surface area contributed by atoms with Gasteiger partial charge in [0.2, 0.25) is 0 Å². The van der Waals surface area contributed by atoms with Crippen molar-refractivity contribution in [2.45, 2.75) is 46.0 Å². The molecular weight excluding hydrogens is 243 g/mol. The highest BCUT2D eigenvalue weighted by atomic mass is 32.2. The standard InChI is InChI=1S/C12H21FO3S/c1-3-4-5-6-7-10-17(15)12(13)8-9-16-11(2)14/h8H,3-7,9-10H2,1-2H3/b12-8+. The van der Waals surface area contributed by atoms with E-state index in [4.69, 9.17) is 0 Å². The largest absolute Gasteiger partial charge is 0.462 e. The average Bonchev–Trinajstić information content (AvgIpc) is 2.27. The number of ether oxygens (including phenoxy) is 1. The van der Waals surface area contributed by atoms with Crippen molar-refractivity contribution in [2.75, 3.05) is 12.4 Å². The maximum Gasteiger partial charge on any atom is 0.302 e. The monoisotopic (exact) mass is 264 g/mol. The minimum absolute atomic E-state index is 0.150. The van der Waals surface area contributed by atoms with Gasteiger partial charge in [-0.3, -0.25) is 9.00 Å². The number of hydrogen-bond donors (Lipinski definition) is 0. The van der Waals surface area contributed by atoms with Crippen LogP contribution in [0, 0.1) is 0 Å². The fourth-order valence-corrected chi connectivity index (χ4v) is 2.17. The summed E-state index contributed by atoms with van der Waals surface area (Å²) in [5.74, 6) is -0.133. The second-order valence-electron chi connectivity index (χ2n) is 3.77. The lowest BCUT2D eigenvalue weighted by atomic mass is 10.2. The zero-order valence-corrected chi connectivity index (χ0v) is 11.4. The maximum atomic E-state index is 13.2. The molecule has 0 aliphatic rings. The molecule has 0 aromatic rings. The summed E-state index contributed by atoms with van der Waals surface area (Å²) in [6.45, 7) is 3.22. The minimum Gasteiger partial charge on any atom is -0.462 e. The Morgan fingerprint density at radius 2 is 1.94 bits per heavy atom. The first kappa shape index (κ1) is 16.3. The molecule has 0 spiro atoms. The predicted molar refractivity (Wildman–Crippen MR) is 67.6 cm³/mol. The second-order valence-corrected chi connectivity index (χ2v) is 5.26. The van der Waals surface area contributed by atoms with Crippen LogP contribution in [0.15, 0.2) is 11.2 Å². The van der Waals surface area contributed by atoms with Crippen LogP contribution in [0.2, 0.25) is 0 Å². The highest BCUT2D eigenvalue weighted by Crippen LogP contribution is 2.09. The van der Waals surface area contributed by atoms with E-state index in [2.05, 4.69) is 11.7 Å². The summed E-state index contributed by atoms with van der Waals surface area (Å²) in [5, 5.41) is -0.693. The number of carbonyl (C=O) groups is 1. The third-order valence-corrected chi connectivity index (χ3v) is 3.44. The molecule has 0 aromatic heterocycles. The van der Waals surface area contributed by atoms with E-state index in [0.29, 0.717) is 5.75 Å². The van der Waals surface area contributed by atoms with Gasteiger partial charge < -0.3 is 4.74 Å². The van der Waals surface area contributed by atoms with Crippen LogP contribution >= 0.6 is 0 Å². The molecular formula is C12H21FO3S. The van der Waals surface area contributed by atoms with Gasteiger partial charge in [0.25, 0.3) is 0 Å². The summed E-state index contributed by atoms with van der Waals surface area (Å²) in [6, 6.07) is 0. The topological polar surface area (TPSA) is 43.4 Å². The molecule has 0 bridgehead atoms. The van der Waals surface area contributed by atoms with Crippen LogP contribution in [0.25, 0.3) is 0 Å². The number of unbranched alkanes of at least 4 members (excludes halogenated alkanes) is 4. The number of rotatable bonds is 9. The second kappa shape index (κ2) is 10.4. The Hall–Kier alpha value is -0.710. The van der Waals surface area contributed by atoms with Crippen LogP contribution in [0.3, 0.4) is 0 Å². The Morgan fingerprint density at radius 3 is 2.53 bits per heavy atom. The average molecular weight is 264 g/mol. The third kappa shape index (κ3) is 10.2. The Kier molecular flexibility index (Phi) is 10.0. The number of carbonyl (C=O) groups excluding carboxylic acids is 1. The normalized spacial score (nSPS) is 13.5. The smallest absolute Gasteiger partial charge is 0.302 e. The summed E-state index contributed by atoms with van der Waals surface area (Å²) in [7, 11) is -1.58. The van der Waals surface area contributed by atoms with E-state index in [9.17, 15) is 13.4 Å². The SMILES string of the molecule is CCCCCCCS(=O)/C(F)=C/COC(C)=O. The number of esters is 1. The molecule has 0 amide bonds. The van der Waals surface area contributed by atoms with Crippen molar-refractivity contribution >= 4 is 16.8 Å². The van der Waals surface area contributed by atoms with Crippen LogP contribution in [0.1, 0.15) is 46.0 Å². The first-order valence-corrected chi connectivity index (χ1v) is 7.27. The quantitative estimate of drug-likeness (QED) is 0.475. The van der Waals surface area contributed by atoms with Crippen molar-refractivity contribution in [1.82, 2.24) is 0 Å². The highest BCUT2D eigenvalue weighted by molar-refractivity contribution is 7.88. The Labute approximate surface area is 105 Å². The molecule has 0 saturated carbocycles. The van der Waals surface area contributed by atoms with E-state index in [1.54, 1.807) is 0 Å². The Balaban J connectivity index is 3.69. The van der Waals surface area contributed by atoms with Gasteiger partial charge in [-0.25, -0.2) is 0 Å². The van der Waals surface area contributed by atoms with Gasteiger partial charge in [0.1, 0.15) is 6.61 Å². The molecule has 0 aliphatic heterocycles. The summed E-state index contributed by atoms with van der Waals surface area (Å²) in [5.41, 5.74) is 0. The molecule has 5 heteroatoms. The van der Waals surface area contributed by atoms with Gasteiger partial charge in [0.05, 0.1) is 10.8 Å². The number of halogens is 1. The van der Waals surface area contributed by atoms with Gasteiger partial charge in [-0.05, 0) is 12.5 Å². The van der Waals surface area contributed by atoms with Crippen molar-refractivity contribution in [3.05, 3.63) is 11.2 Å². The van der Waals surface area contributed by atoms with Crippen LogP contribution < -0.4 is 0 Å². The first-order chi connectivity index (χ1) is 8.07. The zero-order valence-electron chi connectivity index (χ0n) is 10.5. The lowest BCUT2D eigenvalue weighted by Gasteiger charge is -2.00. The van der Waals surface area contributed by atoms with Crippen LogP contribution in [0.4, 0.5) is 4.39 Å². The van der Waals surface area contributed by atoms with Crippen LogP contribution in [0.5, 0.6) is 0 Å². The van der Waals surface area contributed by atoms with E-state index in [1.165, 1.54) is 6.92 Å². The summed E-state index contributed by atoms with van der Waals surface area (Å²) >= 11 is 0. The highest BCUT2D eigenvalue weighted by Gasteiger charge is 2.06. The molecule has 1 atom stereocenters. The zero-order chi connectivity index (χ0) is 13.1. The fraction of sp³-hybridized carbons (Fsp3) is 0.750. The van der Waals surface area contributed by atoms with Crippen molar-refractivity contribution in [2.24, 2.45) is 0 Å². The van der Waals surface area contributed by atoms with Gasteiger partial charge in [-0.1, -0.05) is 32.6 Å². The molecule has 0 radical (unpaired) electrons. The third-order valence-electron chi connectivity index (χ3n) is 2.18. The fourth-order valence-electron chi connectivity index (χ4n) is 1.25. The molecule has 3 nitrogen and oxygen atoms in total. The molecule has 0 aliphatic carbocycles. The Morgan fingerprint density at radius 1 is 1.29 bits per heavy atom. The molecule has 17 heavy (non-hydrogen) atoms. The molecule has 0 N–H and O–H groups in total. The maximum absolute atomic E-state index is 13.2. The van der Waals surface area contributed by atoms with Crippen LogP contribution in [-0.4, -0.2) is 22.5 Å². The van der Waals surface area contributed by atoms with Crippen molar-refractivity contribution < 1.29 is 18.1 Å². The van der Waals surface area contributed by atoms with E-state index in [0.717, 1.165) is 38.2 Å².